The van der Waals surface area contributed by atoms with E-state index in [9.17, 15) is 14.4 Å². The van der Waals surface area contributed by atoms with Crippen LogP contribution >= 0.6 is 0 Å². The van der Waals surface area contributed by atoms with Gasteiger partial charge in [0.15, 0.2) is 5.78 Å². The van der Waals surface area contributed by atoms with Gasteiger partial charge in [0.2, 0.25) is 0 Å². The molecule has 3 fully saturated rings. The van der Waals surface area contributed by atoms with Crippen molar-refractivity contribution in [1.29, 1.82) is 0 Å². The Hall–Kier alpha value is -1.45. The summed E-state index contributed by atoms with van der Waals surface area (Å²) in [5.41, 5.74) is 0.848. The molecule has 6 atom stereocenters. The minimum Gasteiger partial charge on any atom is -0.465 e. The number of carbonyl (C=O) groups excluding carboxylic acids is 3. The van der Waals surface area contributed by atoms with Gasteiger partial charge in [-0.25, -0.2) is 0 Å². The number of hydrogen-bond donors (Lipinski definition) is 0. The van der Waals surface area contributed by atoms with Crippen molar-refractivity contribution in [1.82, 2.24) is 0 Å². The first-order valence-corrected chi connectivity index (χ1v) is 11.1. The minimum atomic E-state index is -0.295. The van der Waals surface area contributed by atoms with Crippen LogP contribution in [-0.2, 0) is 19.1 Å². The molecular weight excluding hydrogens is 352 g/mol. The number of hydrogen-bond acceptors (Lipinski definition) is 4. The molecule has 4 rings (SSSR count). The Labute approximate surface area is 168 Å². The van der Waals surface area contributed by atoms with Crippen molar-refractivity contribution >= 4 is 17.5 Å². The molecule has 0 aliphatic heterocycles. The fourth-order valence-corrected chi connectivity index (χ4v) is 6.74. The monoisotopic (exact) mass is 386 g/mol. The van der Waals surface area contributed by atoms with E-state index < -0.39 is 0 Å². The number of fused-ring (bicyclic) bond motifs is 5. The molecular formula is C24H34O4. The molecule has 3 saturated carbocycles. The molecule has 0 aromatic rings. The Balaban J connectivity index is 1.57. The van der Waals surface area contributed by atoms with Gasteiger partial charge in [0.05, 0.1) is 12.5 Å². The zero-order valence-electron chi connectivity index (χ0n) is 17.8. The number of ketones is 2. The minimum absolute atomic E-state index is 0.0107. The molecule has 4 aliphatic rings. The second-order valence-electron chi connectivity index (χ2n) is 10.6. The van der Waals surface area contributed by atoms with Crippen LogP contribution in [0.2, 0.25) is 0 Å². The first-order valence-electron chi connectivity index (χ1n) is 11.1. The van der Waals surface area contributed by atoms with Crippen LogP contribution in [0.4, 0.5) is 0 Å². The van der Waals surface area contributed by atoms with Crippen LogP contribution in [0, 0.1) is 40.4 Å². The lowest BCUT2D eigenvalue weighted by Crippen LogP contribution is -2.53. The third-order valence-electron chi connectivity index (χ3n) is 8.55. The van der Waals surface area contributed by atoms with E-state index in [2.05, 4.69) is 13.8 Å². The smallest absolute Gasteiger partial charge is 0.309 e. The van der Waals surface area contributed by atoms with Crippen LogP contribution in [0.25, 0.3) is 0 Å². The lowest BCUT2D eigenvalue weighted by molar-refractivity contribution is -0.152. The lowest BCUT2D eigenvalue weighted by Gasteiger charge is -2.55. The predicted molar refractivity (Wildman–Crippen MR) is 106 cm³/mol. The lowest BCUT2D eigenvalue weighted by atomic mass is 9.47. The Morgan fingerprint density at radius 1 is 1.11 bits per heavy atom. The summed E-state index contributed by atoms with van der Waals surface area (Å²) in [6, 6.07) is 0. The van der Waals surface area contributed by atoms with Crippen LogP contribution in [0.1, 0.15) is 72.6 Å². The van der Waals surface area contributed by atoms with Gasteiger partial charge in [-0.05, 0) is 67.8 Å². The highest BCUT2D eigenvalue weighted by atomic mass is 16.5. The highest BCUT2D eigenvalue weighted by Crippen LogP contribution is 2.63. The highest BCUT2D eigenvalue weighted by Gasteiger charge is 2.61. The Morgan fingerprint density at radius 3 is 2.50 bits per heavy atom. The van der Waals surface area contributed by atoms with Crippen molar-refractivity contribution < 1.29 is 19.1 Å². The summed E-state index contributed by atoms with van der Waals surface area (Å²) < 4.78 is 5.48. The van der Waals surface area contributed by atoms with Crippen LogP contribution in [0.5, 0.6) is 0 Å². The molecule has 4 heteroatoms. The fourth-order valence-electron chi connectivity index (χ4n) is 6.74. The van der Waals surface area contributed by atoms with Crippen molar-refractivity contribution in [2.45, 2.75) is 72.6 Å². The fraction of sp³-hybridized carbons (Fsp3) is 0.792. The Morgan fingerprint density at radius 2 is 1.79 bits per heavy atom. The third kappa shape index (κ3) is 2.90. The largest absolute Gasteiger partial charge is 0.465 e. The van der Waals surface area contributed by atoms with E-state index in [0.717, 1.165) is 37.7 Å². The van der Waals surface area contributed by atoms with E-state index in [-0.39, 0.29) is 40.3 Å². The average molecular weight is 387 g/mol. The van der Waals surface area contributed by atoms with Gasteiger partial charge in [-0.15, -0.1) is 0 Å². The molecule has 0 aromatic carbocycles. The summed E-state index contributed by atoms with van der Waals surface area (Å²) in [4.78, 5) is 38.2. The van der Waals surface area contributed by atoms with Gasteiger partial charge in [-0.1, -0.05) is 33.3 Å². The third-order valence-corrected chi connectivity index (χ3v) is 8.55. The summed E-state index contributed by atoms with van der Waals surface area (Å²) in [5, 5.41) is 0. The van der Waals surface area contributed by atoms with Crippen molar-refractivity contribution in [3.05, 3.63) is 11.6 Å². The Bertz CT molecular complexity index is 735. The SMILES string of the molecule is CC(C)COC(=O)C1CC[C@@]2(C)C(=CC(=O)[C@@H]3[C@@H]2CC[C@]2(C)C(=O)CC[C@@H]32)C1. The van der Waals surface area contributed by atoms with Gasteiger partial charge in [-0.2, -0.15) is 0 Å². The number of allylic oxidation sites excluding steroid dienone is 2. The van der Waals surface area contributed by atoms with Crippen LogP contribution in [0.15, 0.2) is 11.6 Å². The van der Waals surface area contributed by atoms with Crippen molar-refractivity contribution in [3.63, 3.8) is 0 Å². The summed E-state index contributed by atoms with van der Waals surface area (Å²) >= 11 is 0. The van der Waals surface area contributed by atoms with E-state index in [1.54, 1.807) is 0 Å². The van der Waals surface area contributed by atoms with Crippen molar-refractivity contribution in [2.24, 2.45) is 40.4 Å². The summed E-state index contributed by atoms with van der Waals surface area (Å²) in [6.07, 6.45) is 7.65. The first-order chi connectivity index (χ1) is 13.2. The van der Waals surface area contributed by atoms with E-state index in [1.807, 2.05) is 19.9 Å². The molecule has 28 heavy (non-hydrogen) atoms. The molecule has 0 saturated heterocycles. The number of carbonyl (C=O) groups is 3. The van der Waals surface area contributed by atoms with Gasteiger partial charge in [0.1, 0.15) is 5.78 Å². The van der Waals surface area contributed by atoms with Gasteiger partial charge < -0.3 is 4.74 Å². The number of ether oxygens (including phenoxy) is 1. The number of Topliss-reactive ketones (excluding diaryl/α,β-unsaturated/α-hetero) is 1. The van der Waals surface area contributed by atoms with Crippen LogP contribution < -0.4 is 0 Å². The van der Waals surface area contributed by atoms with Gasteiger partial charge in [0.25, 0.3) is 0 Å². The van der Waals surface area contributed by atoms with Gasteiger partial charge >= 0.3 is 5.97 Å². The predicted octanol–water partition coefficient (Wildman–Crippen LogP) is 4.51. The highest BCUT2D eigenvalue weighted by molar-refractivity contribution is 5.97. The Kier molecular flexibility index (Phi) is 4.83. The molecule has 0 amide bonds. The van der Waals surface area contributed by atoms with Gasteiger partial charge in [-0.3, -0.25) is 14.4 Å². The van der Waals surface area contributed by atoms with Crippen molar-refractivity contribution in [3.8, 4) is 0 Å². The standard InChI is InChI=1S/C24H34O4/c1-14(2)13-28-22(27)15-7-9-23(3)16(11-15)12-19(25)21-17-5-6-20(26)24(17,4)10-8-18(21)23/h12,14-15,17-18,21H,5-11,13H2,1-4H3/t15?,17-,18-,21-,23-,24-/m0/s1. The molecule has 0 spiro atoms. The molecule has 0 bridgehead atoms. The van der Waals surface area contributed by atoms with E-state index in [4.69, 9.17) is 4.74 Å². The van der Waals surface area contributed by atoms with Crippen molar-refractivity contribution in [2.75, 3.05) is 6.61 Å². The van der Waals surface area contributed by atoms with Crippen LogP contribution in [-0.4, -0.2) is 24.1 Å². The molecule has 1 unspecified atom stereocenters. The topological polar surface area (TPSA) is 60.4 Å². The summed E-state index contributed by atoms with van der Waals surface area (Å²) in [6.45, 7) is 8.94. The zero-order valence-corrected chi connectivity index (χ0v) is 17.8. The maximum atomic E-state index is 13.2. The van der Waals surface area contributed by atoms with Gasteiger partial charge in [0, 0.05) is 17.8 Å². The first kappa shape index (κ1) is 19.8. The quantitative estimate of drug-likeness (QED) is 0.670. The molecule has 4 nitrogen and oxygen atoms in total. The molecule has 0 aromatic heterocycles. The van der Waals surface area contributed by atoms with Crippen LogP contribution in [0.3, 0.4) is 0 Å². The maximum absolute atomic E-state index is 13.2. The summed E-state index contributed by atoms with van der Waals surface area (Å²) in [7, 11) is 0. The molecule has 0 heterocycles. The number of esters is 1. The summed E-state index contributed by atoms with van der Waals surface area (Å²) in [5.74, 6) is 1.18. The molecule has 0 N–H and O–H groups in total. The molecule has 0 radical (unpaired) electrons. The number of rotatable bonds is 3. The molecule has 154 valence electrons. The second kappa shape index (κ2) is 6.81. The average Bonchev–Trinajstić information content (AvgIpc) is 2.95. The molecule has 4 aliphatic carbocycles. The van der Waals surface area contributed by atoms with E-state index in [0.29, 0.717) is 37.1 Å². The van der Waals surface area contributed by atoms with E-state index >= 15 is 0 Å². The normalized spacial score (nSPS) is 42.5. The maximum Gasteiger partial charge on any atom is 0.309 e. The second-order valence-corrected chi connectivity index (χ2v) is 10.6. The zero-order chi connectivity index (χ0) is 20.3. The van der Waals surface area contributed by atoms with E-state index in [1.165, 1.54) is 0 Å².